The standard InChI is InChI=1S/C17H23NO4S/c19-16(20)15-9-13-14(23-15)2-8-22-17(13)3-5-18(6-4-17)10-12-1-7-21-11-12/h9,12H,1-8,10-11H2,(H,19,20). The zero-order valence-corrected chi connectivity index (χ0v) is 14.1. The fourth-order valence-corrected chi connectivity index (χ4v) is 5.20. The van der Waals surface area contributed by atoms with Crippen molar-refractivity contribution >= 4 is 17.3 Å². The molecule has 0 aromatic carbocycles. The molecule has 0 saturated carbocycles. The molecule has 1 unspecified atom stereocenters. The van der Waals surface area contributed by atoms with E-state index in [-0.39, 0.29) is 5.60 Å². The normalized spacial score (nSPS) is 27.2. The van der Waals surface area contributed by atoms with Crippen molar-refractivity contribution in [3.8, 4) is 0 Å². The summed E-state index contributed by atoms with van der Waals surface area (Å²) in [5.41, 5.74) is 0.899. The first kappa shape index (κ1) is 15.6. The van der Waals surface area contributed by atoms with Crippen LogP contribution >= 0.6 is 11.3 Å². The molecule has 0 radical (unpaired) electrons. The Bertz CT molecular complexity index is 585. The Morgan fingerprint density at radius 3 is 2.91 bits per heavy atom. The van der Waals surface area contributed by atoms with Gasteiger partial charge in [0, 0.05) is 37.5 Å². The Labute approximate surface area is 140 Å². The number of nitrogens with zero attached hydrogens (tertiary/aromatic N) is 1. The van der Waals surface area contributed by atoms with E-state index in [0.29, 0.717) is 17.4 Å². The van der Waals surface area contributed by atoms with E-state index in [1.54, 1.807) is 0 Å². The van der Waals surface area contributed by atoms with Crippen molar-refractivity contribution in [2.75, 3.05) is 39.5 Å². The number of piperidine rings is 1. The summed E-state index contributed by atoms with van der Waals surface area (Å²) in [7, 11) is 0. The number of hydrogen-bond donors (Lipinski definition) is 1. The highest BCUT2D eigenvalue weighted by molar-refractivity contribution is 7.14. The minimum absolute atomic E-state index is 0.250. The third kappa shape index (κ3) is 2.93. The molecule has 0 bridgehead atoms. The largest absolute Gasteiger partial charge is 0.477 e. The summed E-state index contributed by atoms with van der Waals surface area (Å²) < 4.78 is 11.7. The second-order valence-corrected chi connectivity index (χ2v) is 8.01. The molecule has 5 nitrogen and oxygen atoms in total. The van der Waals surface area contributed by atoms with Crippen LogP contribution in [0.4, 0.5) is 0 Å². The molecule has 3 aliphatic rings. The van der Waals surface area contributed by atoms with Crippen LogP contribution in [-0.2, 0) is 21.5 Å². The zero-order chi connectivity index (χ0) is 15.9. The van der Waals surface area contributed by atoms with Gasteiger partial charge < -0.3 is 19.5 Å². The topological polar surface area (TPSA) is 59.0 Å². The van der Waals surface area contributed by atoms with Crippen LogP contribution in [0.2, 0.25) is 0 Å². The van der Waals surface area contributed by atoms with Gasteiger partial charge in [0.15, 0.2) is 0 Å². The van der Waals surface area contributed by atoms with E-state index in [1.165, 1.54) is 22.6 Å². The quantitative estimate of drug-likeness (QED) is 0.917. The third-order valence-electron chi connectivity index (χ3n) is 5.42. The molecule has 1 aromatic heterocycles. The fraction of sp³-hybridized carbons (Fsp3) is 0.706. The van der Waals surface area contributed by atoms with Crippen molar-refractivity contribution in [3.63, 3.8) is 0 Å². The molecule has 1 atom stereocenters. The highest BCUT2D eigenvalue weighted by Gasteiger charge is 2.42. The lowest BCUT2D eigenvalue weighted by molar-refractivity contribution is -0.0983. The van der Waals surface area contributed by atoms with Gasteiger partial charge in [-0.05, 0) is 36.8 Å². The summed E-state index contributed by atoms with van der Waals surface area (Å²) in [6, 6.07) is 1.86. The molecule has 6 heteroatoms. The lowest BCUT2D eigenvalue weighted by Crippen LogP contribution is -2.47. The van der Waals surface area contributed by atoms with E-state index in [4.69, 9.17) is 9.47 Å². The number of carbonyl (C=O) groups is 1. The number of aromatic carboxylic acids is 1. The van der Waals surface area contributed by atoms with Gasteiger partial charge in [0.2, 0.25) is 0 Å². The summed E-state index contributed by atoms with van der Waals surface area (Å²) in [5.74, 6) is -0.148. The van der Waals surface area contributed by atoms with Crippen LogP contribution in [0.5, 0.6) is 0 Å². The van der Waals surface area contributed by atoms with Crippen LogP contribution in [0.25, 0.3) is 0 Å². The van der Waals surface area contributed by atoms with Gasteiger partial charge in [-0.1, -0.05) is 0 Å². The molecule has 0 amide bonds. The summed E-state index contributed by atoms with van der Waals surface area (Å²) in [6.45, 7) is 5.68. The van der Waals surface area contributed by atoms with Crippen molar-refractivity contribution < 1.29 is 19.4 Å². The number of fused-ring (bicyclic) bond motifs is 2. The molecule has 1 N–H and O–H groups in total. The Kier molecular flexibility index (Phi) is 4.17. The van der Waals surface area contributed by atoms with Gasteiger partial charge in [0.1, 0.15) is 4.88 Å². The number of carboxylic acids is 1. The molecule has 23 heavy (non-hydrogen) atoms. The lowest BCUT2D eigenvalue weighted by Gasteiger charge is -2.44. The van der Waals surface area contributed by atoms with Gasteiger partial charge in [-0.3, -0.25) is 0 Å². The van der Waals surface area contributed by atoms with Gasteiger partial charge in [-0.2, -0.15) is 0 Å². The van der Waals surface area contributed by atoms with E-state index in [9.17, 15) is 9.90 Å². The fourth-order valence-electron chi connectivity index (χ4n) is 4.13. The Morgan fingerprint density at radius 2 is 2.22 bits per heavy atom. The van der Waals surface area contributed by atoms with Crippen LogP contribution < -0.4 is 0 Å². The van der Waals surface area contributed by atoms with Crippen molar-refractivity contribution in [2.24, 2.45) is 5.92 Å². The van der Waals surface area contributed by atoms with Crippen LogP contribution in [0.3, 0.4) is 0 Å². The number of rotatable bonds is 3. The minimum Gasteiger partial charge on any atom is -0.477 e. The Hall–Kier alpha value is -0.950. The molecule has 2 saturated heterocycles. The highest BCUT2D eigenvalue weighted by atomic mass is 32.1. The second kappa shape index (κ2) is 6.16. The predicted octanol–water partition coefficient (Wildman–Crippen LogP) is 2.35. The molecular weight excluding hydrogens is 314 g/mol. The summed E-state index contributed by atoms with van der Waals surface area (Å²) >= 11 is 1.43. The maximum absolute atomic E-state index is 11.3. The van der Waals surface area contributed by atoms with Crippen LogP contribution in [-0.4, -0.2) is 55.4 Å². The molecule has 4 rings (SSSR count). The van der Waals surface area contributed by atoms with Gasteiger partial charge in [0.25, 0.3) is 0 Å². The minimum atomic E-state index is -0.821. The monoisotopic (exact) mass is 337 g/mol. The van der Waals surface area contributed by atoms with Gasteiger partial charge in [-0.15, -0.1) is 11.3 Å². The van der Waals surface area contributed by atoms with E-state index >= 15 is 0 Å². The van der Waals surface area contributed by atoms with Crippen molar-refractivity contribution in [1.82, 2.24) is 4.90 Å². The second-order valence-electron chi connectivity index (χ2n) is 6.88. The number of thiophene rings is 1. The van der Waals surface area contributed by atoms with E-state index in [1.807, 2.05) is 6.07 Å². The molecule has 4 heterocycles. The molecule has 2 fully saturated rings. The van der Waals surface area contributed by atoms with E-state index < -0.39 is 5.97 Å². The zero-order valence-electron chi connectivity index (χ0n) is 13.3. The number of likely N-dealkylation sites (tertiary alicyclic amines) is 1. The van der Waals surface area contributed by atoms with Gasteiger partial charge >= 0.3 is 5.97 Å². The van der Waals surface area contributed by atoms with Crippen molar-refractivity contribution in [2.45, 2.75) is 31.3 Å². The van der Waals surface area contributed by atoms with Gasteiger partial charge in [0.05, 0.1) is 18.8 Å². The predicted molar refractivity (Wildman–Crippen MR) is 87.2 cm³/mol. The smallest absolute Gasteiger partial charge is 0.345 e. The first-order valence-electron chi connectivity index (χ1n) is 8.47. The maximum Gasteiger partial charge on any atom is 0.345 e. The lowest BCUT2D eigenvalue weighted by atomic mass is 9.82. The molecule has 126 valence electrons. The van der Waals surface area contributed by atoms with Crippen LogP contribution in [0, 0.1) is 5.92 Å². The van der Waals surface area contributed by atoms with E-state index in [2.05, 4.69) is 4.90 Å². The first-order valence-corrected chi connectivity index (χ1v) is 9.28. The first-order chi connectivity index (χ1) is 11.2. The number of carboxylic acid groups (broad SMARTS) is 1. The summed E-state index contributed by atoms with van der Waals surface area (Å²) in [6.07, 6.45) is 3.94. The average molecular weight is 337 g/mol. The van der Waals surface area contributed by atoms with E-state index in [0.717, 1.165) is 57.7 Å². The Balaban J connectivity index is 1.47. The van der Waals surface area contributed by atoms with Crippen molar-refractivity contribution in [3.05, 3.63) is 21.4 Å². The number of hydrogen-bond acceptors (Lipinski definition) is 5. The summed E-state index contributed by atoms with van der Waals surface area (Å²) in [5, 5.41) is 9.27. The Morgan fingerprint density at radius 1 is 1.39 bits per heavy atom. The highest BCUT2D eigenvalue weighted by Crippen LogP contribution is 2.44. The van der Waals surface area contributed by atoms with Gasteiger partial charge in [-0.25, -0.2) is 4.79 Å². The molecular formula is C17H23NO4S. The molecule has 0 aliphatic carbocycles. The molecule has 3 aliphatic heterocycles. The third-order valence-corrected chi connectivity index (χ3v) is 6.61. The van der Waals surface area contributed by atoms with Crippen LogP contribution in [0.15, 0.2) is 6.07 Å². The average Bonchev–Trinajstić information content (AvgIpc) is 3.20. The summed E-state index contributed by atoms with van der Waals surface area (Å²) in [4.78, 5) is 15.5. The molecule has 1 aromatic rings. The maximum atomic E-state index is 11.3. The number of ether oxygens (including phenoxy) is 2. The van der Waals surface area contributed by atoms with Crippen molar-refractivity contribution in [1.29, 1.82) is 0 Å². The SMILES string of the molecule is O=C(O)c1cc2c(s1)CCOC21CCN(CC2CCOC2)CC1. The molecule has 1 spiro atoms. The van der Waals surface area contributed by atoms with Crippen LogP contribution in [0.1, 0.15) is 39.4 Å².